The van der Waals surface area contributed by atoms with Crippen molar-refractivity contribution in [3.05, 3.63) is 12.1 Å². The molecule has 0 radical (unpaired) electrons. The first-order valence-electron chi connectivity index (χ1n) is 6.07. The van der Waals surface area contributed by atoms with Crippen molar-refractivity contribution in [2.75, 3.05) is 37.6 Å². The molecule has 1 aliphatic heterocycles. The zero-order valence-corrected chi connectivity index (χ0v) is 11.3. The Morgan fingerprint density at radius 2 is 1.95 bits per heavy atom. The lowest BCUT2D eigenvalue weighted by atomic mass is 10.1. The summed E-state index contributed by atoms with van der Waals surface area (Å²) in [4.78, 5) is 13.7. The molecule has 0 bridgehead atoms. The van der Waals surface area contributed by atoms with Crippen LogP contribution < -0.4 is 19.7 Å². The number of hydrogen-bond donors (Lipinski definition) is 2. The van der Waals surface area contributed by atoms with Gasteiger partial charge < -0.3 is 24.8 Å². The minimum Gasteiger partial charge on any atom is -0.493 e. The topological polar surface area (TPSA) is 71.0 Å². The van der Waals surface area contributed by atoms with Crippen LogP contribution in [-0.4, -0.2) is 44.4 Å². The van der Waals surface area contributed by atoms with E-state index in [-0.39, 0.29) is 25.1 Å². The highest BCUT2D eigenvalue weighted by Crippen LogP contribution is 2.40. The van der Waals surface area contributed by atoms with Crippen LogP contribution in [0.4, 0.5) is 11.4 Å². The second kappa shape index (κ2) is 5.36. The number of nitrogens with one attached hydrogen (secondary N) is 1. The van der Waals surface area contributed by atoms with Crippen molar-refractivity contribution in [2.45, 2.75) is 13.0 Å². The summed E-state index contributed by atoms with van der Waals surface area (Å²) in [6.07, 6.45) is 0. The van der Waals surface area contributed by atoms with Crippen molar-refractivity contribution in [3.63, 3.8) is 0 Å². The number of benzene rings is 1. The van der Waals surface area contributed by atoms with Crippen LogP contribution in [0.1, 0.15) is 6.92 Å². The van der Waals surface area contributed by atoms with Gasteiger partial charge in [0, 0.05) is 18.7 Å². The molecule has 0 aromatic heterocycles. The first-order chi connectivity index (χ1) is 9.12. The molecule has 2 N–H and O–H groups in total. The zero-order valence-electron chi connectivity index (χ0n) is 11.3. The number of rotatable bonds is 4. The lowest BCUT2D eigenvalue weighted by Gasteiger charge is -2.34. The second-order valence-corrected chi connectivity index (χ2v) is 4.30. The highest BCUT2D eigenvalue weighted by atomic mass is 16.5. The van der Waals surface area contributed by atoms with Crippen LogP contribution in [0.25, 0.3) is 0 Å². The molecule has 104 valence electrons. The van der Waals surface area contributed by atoms with Gasteiger partial charge in [0.15, 0.2) is 11.5 Å². The third-order valence-corrected chi connectivity index (χ3v) is 3.12. The molecule has 1 amide bonds. The number of carbonyl (C=O) groups excluding carboxylic acids is 1. The van der Waals surface area contributed by atoms with E-state index in [1.54, 1.807) is 38.2 Å². The Hall–Kier alpha value is -1.95. The summed E-state index contributed by atoms with van der Waals surface area (Å²) >= 11 is 0. The molecule has 19 heavy (non-hydrogen) atoms. The van der Waals surface area contributed by atoms with Crippen molar-refractivity contribution in [1.29, 1.82) is 0 Å². The molecule has 2 rings (SSSR count). The van der Waals surface area contributed by atoms with Gasteiger partial charge >= 0.3 is 0 Å². The normalized spacial score (nSPS) is 17.8. The van der Waals surface area contributed by atoms with E-state index >= 15 is 0 Å². The fraction of sp³-hybridized carbons (Fsp3) is 0.462. The summed E-state index contributed by atoms with van der Waals surface area (Å²) in [5.74, 6) is 1.07. The molecule has 0 fully saturated rings. The maximum Gasteiger partial charge on any atom is 0.249 e. The Bertz CT molecular complexity index is 490. The molecule has 0 aliphatic carbocycles. The van der Waals surface area contributed by atoms with Gasteiger partial charge in [0.25, 0.3) is 0 Å². The highest BCUT2D eigenvalue weighted by Gasteiger charge is 2.30. The summed E-state index contributed by atoms with van der Waals surface area (Å²) < 4.78 is 10.5. The van der Waals surface area contributed by atoms with E-state index in [1.165, 1.54) is 0 Å². The van der Waals surface area contributed by atoms with Crippen LogP contribution in [0, 0.1) is 0 Å². The van der Waals surface area contributed by atoms with Crippen LogP contribution in [0.5, 0.6) is 11.5 Å². The monoisotopic (exact) mass is 266 g/mol. The standard InChI is InChI=1S/C13H18N2O4/c1-8-13(17)15(4-5-16)10-7-12(19-3)11(18-2)6-9(10)14-8/h6-8,14,16H,4-5H2,1-3H3. The molecule has 0 saturated heterocycles. The minimum absolute atomic E-state index is 0.0752. The smallest absolute Gasteiger partial charge is 0.249 e. The molecule has 6 nitrogen and oxygen atoms in total. The van der Waals surface area contributed by atoms with Gasteiger partial charge in [-0.25, -0.2) is 0 Å². The summed E-state index contributed by atoms with van der Waals surface area (Å²) in [6.45, 7) is 1.95. The van der Waals surface area contributed by atoms with Crippen molar-refractivity contribution < 1.29 is 19.4 Å². The van der Waals surface area contributed by atoms with E-state index in [4.69, 9.17) is 14.6 Å². The molecule has 1 aromatic rings. The average molecular weight is 266 g/mol. The number of methoxy groups -OCH3 is 2. The SMILES string of the molecule is COc1cc2c(cc1OC)N(CCO)C(=O)C(C)N2. The number of fused-ring (bicyclic) bond motifs is 1. The van der Waals surface area contributed by atoms with Crippen molar-refractivity contribution in [1.82, 2.24) is 0 Å². The summed E-state index contributed by atoms with van der Waals surface area (Å²) in [5.41, 5.74) is 1.48. The number of ether oxygens (including phenoxy) is 2. The Morgan fingerprint density at radius 1 is 1.32 bits per heavy atom. The van der Waals surface area contributed by atoms with Gasteiger partial charge in [0.2, 0.25) is 5.91 Å². The number of anilines is 2. The summed E-state index contributed by atoms with van der Waals surface area (Å²) in [7, 11) is 3.11. The quantitative estimate of drug-likeness (QED) is 0.845. The molecular formula is C13H18N2O4. The maximum atomic E-state index is 12.1. The minimum atomic E-state index is -0.336. The number of carbonyl (C=O) groups is 1. The molecule has 1 heterocycles. The average Bonchev–Trinajstić information content (AvgIpc) is 2.42. The van der Waals surface area contributed by atoms with Gasteiger partial charge in [-0.3, -0.25) is 4.79 Å². The molecule has 0 saturated carbocycles. The molecule has 6 heteroatoms. The first kappa shape index (κ1) is 13.5. The number of amides is 1. The van der Waals surface area contributed by atoms with Gasteiger partial charge in [-0.15, -0.1) is 0 Å². The lowest BCUT2D eigenvalue weighted by Crippen LogP contribution is -2.46. The number of β-amino-alcohol motifs (C(OH)–C–C–N with tert-alkyl or cyclic N) is 1. The van der Waals surface area contributed by atoms with Crippen molar-refractivity contribution in [2.24, 2.45) is 0 Å². The van der Waals surface area contributed by atoms with Gasteiger partial charge in [-0.2, -0.15) is 0 Å². The van der Waals surface area contributed by atoms with E-state index in [2.05, 4.69) is 5.32 Å². The first-order valence-corrected chi connectivity index (χ1v) is 6.07. The summed E-state index contributed by atoms with van der Waals surface area (Å²) in [5, 5.41) is 12.2. The van der Waals surface area contributed by atoms with Crippen LogP contribution >= 0.6 is 0 Å². The van der Waals surface area contributed by atoms with E-state index in [9.17, 15) is 4.79 Å². The van der Waals surface area contributed by atoms with Gasteiger partial charge in [0.1, 0.15) is 6.04 Å². The fourth-order valence-electron chi connectivity index (χ4n) is 2.19. The summed E-state index contributed by atoms with van der Waals surface area (Å²) in [6, 6.07) is 3.19. The van der Waals surface area contributed by atoms with Crippen LogP contribution in [0.15, 0.2) is 12.1 Å². The number of aliphatic hydroxyl groups excluding tert-OH is 1. The Balaban J connectivity index is 2.51. The molecule has 1 aliphatic rings. The van der Waals surface area contributed by atoms with E-state index < -0.39 is 0 Å². The predicted octanol–water partition coefficient (Wildman–Crippen LogP) is 0.843. The predicted molar refractivity (Wildman–Crippen MR) is 72.1 cm³/mol. The number of aliphatic hydroxyl groups is 1. The maximum absolute atomic E-state index is 12.1. The van der Waals surface area contributed by atoms with Crippen molar-refractivity contribution >= 4 is 17.3 Å². The van der Waals surface area contributed by atoms with Gasteiger partial charge in [0.05, 0.1) is 32.2 Å². The van der Waals surface area contributed by atoms with Crippen molar-refractivity contribution in [3.8, 4) is 11.5 Å². The Labute approximate surface area is 111 Å². The Morgan fingerprint density at radius 3 is 2.53 bits per heavy atom. The van der Waals surface area contributed by atoms with E-state index in [1.807, 2.05) is 0 Å². The zero-order chi connectivity index (χ0) is 14.0. The van der Waals surface area contributed by atoms with E-state index in [0.717, 1.165) is 5.69 Å². The fourth-order valence-corrected chi connectivity index (χ4v) is 2.19. The van der Waals surface area contributed by atoms with Gasteiger partial charge in [-0.05, 0) is 6.92 Å². The number of nitrogens with zero attached hydrogens (tertiary/aromatic N) is 1. The molecule has 0 spiro atoms. The van der Waals surface area contributed by atoms with Crippen LogP contribution in [-0.2, 0) is 4.79 Å². The highest BCUT2D eigenvalue weighted by molar-refractivity contribution is 6.05. The number of hydrogen-bond acceptors (Lipinski definition) is 5. The molecule has 1 atom stereocenters. The van der Waals surface area contributed by atoms with Crippen LogP contribution in [0.3, 0.4) is 0 Å². The van der Waals surface area contributed by atoms with Crippen LogP contribution in [0.2, 0.25) is 0 Å². The largest absolute Gasteiger partial charge is 0.493 e. The third kappa shape index (κ3) is 2.31. The molecular weight excluding hydrogens is 248 g/mol. The molecule has 1 unspecified atom stereocenters. The van der Waals surface area contributed by atoms with Gasteiger partial charge in [-0.1, -0.05) is 0 Å². The molecule has 1 aromatic carbocycles. The third-order valence-electron chi connectivity index (χ3n) is 3.12. The second-order valence-electron chi connectivity index (χ2n) is 4.30. The van der Waals surface area contributed by atoms with E-state index in [0.29, 0.717) is 17.2 Å². The lowest BCUT2D eigenvalue weighted by molar-refractivity contribution is -0.119. The Kier molecular flexibility index (Phi) is 3.80.